The van der Waals surface area contributed by atoms with Crippen LogP contribution in [-0.4, -0.2) is 28.6 Å². The zero-order chi connectivity index (χ0) is 14.8. The number of hydrogen-bond acceptors (Lipinski definition) is 3. The van der Waals surface area contributed by atoms with E-state index in [1.54, 1.807) is 6.07 Å². The number of aromatic nitrogens is 1. The van der Waals surface area contributed by atoms with E-state index in [2.05, 4.69) is 16.8 Å². The number of fused-ring (bicyclic) bond motifs is 1. The number of rotatable bonds is 4. The molecule has 1 aromatic carbocycles. The third-order valence-electron chi connectivity index (χ3n) is 4.31. The fourth-order valence-corrected chi connectivity index (χ4v) is 3.28. The highest BCUT2D eigenvalue weighted by Gasteiger charge is 2.26. The number of nitrogens with zero attached hydrogens (tertiary/aromatic N) is 2. The molecular weight excluding hydrogens is 264 g/mol. The lowest BCUT2D eigenvalue weighted by Crippen LogP contribution is -2.35. The van der Waals surface area contributed by atoms with Gasteiger partial charge in [-0.25, -0.2) is 9.78 Å². The van der Waals surface area contributed by atoms with E-state index in [0.29, 0.717) is 17.4 Å². The van der Waals surface area contributed by atoms with Gasteiger partial charge in [0, 0.05) is 18.0 Å². The summed E-state index contributed by atoms with van der Waals surface area (Å²) in [6, 6.07) is 9.85. The molecule has 1 saturated carbocycles. The molecule has 4 heteroatoms. The molecule has 2 aromatic rings. The number of anilines is 1. The summed E-state index contributed by atoms with van der Waals surface area (Å²) in [6.07, 6.45) is 4.69. The molecule has 1 N–H and O–H groups in total. The second-order valence-electron chi connectivity index (χ2n) is 5.58. The molecule has 0 aliphatic heterocycles. The summed E-state index contributed by atoms with van der Waals surface area (Å²) in [4.78, 5) is 18.5. The quantitative estimate of drug-likeness (QED) is 0.930. The van der Waals surface area contributed by atoms with Gasteiger partial charge in [-0.1, -0.05) is 31.0 Å². The highest BCUT2D eigenvalue weighted by Crippen LogP contribution is 2.31. The fourth-order valence-electron chi connectivity index (χ4n) is 3.28. The Kier molecular flexibility index (Phi) is 3.78. The van der Waals surface area contributed by atoms with Crippen molar-refractivity contribution >= 4 is 22.7 Å². The number of benzene rings is 1. The van der Waals surface area contributed by atoms with Crippen LogP contribution in [-0.2, 0) is 0 Å². The Hall–Kier alpha value is -2.10. The Labute approximate surface area is 124 Å². The van der Waals surface area contributed by atoms with Crippen LogP contribution in [0.4, 0.5) is 5.82 Å². The van der Waals surface area contributed by atoms with Crippen molar-refractivity contribution in [1.29, 1.82) is 0 Å². The van der Waals surface area contributed by atoms with Gasteiger partial charge in [0.25, 0.3) is 0 Å². The maximum Gasteiger partial charge on any atom is 0.339 e. The Morgan fingerprint density at radius 2 is 2.05 bits per heavy atom. The SMILES string of the molecule is CCN(c1nc2ccccc2cc1C(=O)O)C1CCCC1. The van der Waals surface area contributed by atoms with Crippen molar-refractivity contribution in [3.63, 3.8) is 0 Å². The monoisotopic (exact) mass is 284 g/mol. The first-order valence-electron chi connectivity index (χ1n) is 7.60. The van der Waals surface area contributed by atoms with E-state index in [9.17, 15) is 9.90 Å². The van der Waals surface area contributed by atoms with Crippen LogP contribution in [0.3, 0.4) is 0 Å². The summed E-state index contributed by atoms with van der Waals surface area (Å²) < 4.78 is 0. The van der Waals surface area contributed by atoms with E-state index in [1.807, 2.05) is 24.3 Å². The molecule has 21 heavy (non-hydrogen) atoms. The van der Waals surface area contributed by atoms with Gasteiger partial charge in [0.2, 0.25) is 0 Å². The minimum atomic E-state index is -0.903. The number of carboxylic acid groups (broad SMARTS) is 1. The van der Waals surface area contributed by atoms with Crippen LogP contribution in [0.1, 0.15) is 43.0 Å². The lowest BCUT2D eigenvalue weighted by Gasteiger charge is -2.30. The van der Waals surface area contributed by atoms with Crippen LogP contribution in [0.25, 0.3) is 10.9 Å². The van der Waals surface area contributed by atoms with Gasteiger partial charge in [-0.3, -0.25) is 0 Å². The molecule has 0 unspecified atom stereocenters. The second kappa shape index (κ2) is 5.72. The molecule has 4 nitrogen and oxygen atoms in total. The molecule has 1 aliphatic rings. The normalized spacial score (nSPS) is 15.5. The van der Waals surface area contributed by atoms with Gasteiger partial charge in [0.05, 0.1) is 5.52 Å². The van der Waals surface area contributed by atoms with Crippen LogP contribution in [0.5, 0.6) is 0 Å². The number of para-hydroxylation sites is 1. The van der Waals surface area contributed by atoms with E-state index >= 15 is 0 Å². The minimum absolute atomic E-state index is 0.308. The van der Waals surface area contributed by atoms with Gasteiger partial charge in [0.15, 0.2) is 0 Å². The Balaban J connectivity index is 2.13. The first kappa shape index (κ1) is 13.9. The number of carbonyl (C=O) groups is 1. The predicted octanol–water partition coefficient (Wildman–Crippen LogP) is 3.70. The van der Waals surface area contributed by atoms with Crippen molar-refractivity contribution in [2.45, 2.75) is 38.6 Å². The number of hydrogen-bond donors (Lipinski definition) is 1. The van der Waals surface area contributed by atoms with E-state index in [4.69, 9.17) is 0 Å². The van der Waals surface area contributed by atoms with Gasteiger partial charge < -0.3 is 10.0 Å². The zero-order valence-corrected chi connectivity index (χ0v) is 12.2. The number of pyridine rings is 1. The average Bonchev–Trinajstić information content (AvgIpc) is 3.01. The Morgan fingerprint density at radius 1 is 1.33 bits per heavy atom. The van der Waals surface area contributed by atoms with Crippen molar-refractivity contribution in [2.24, 2.45) is 0 Å². The van der Waals surface area contributed by atoms with E-state index in [1.165, 1.54) is 12.8 Å². The van der Waals surface area contributed by atoms with E-state index < -0.39 is 5.97 Å². The summed E-state index contributed by atoms with van der Waals surface area (Å²) in [5.41, 5.74) is 1.16. The van der Waals surface area contributed by atoms with Gasteiger partial charge in [-0.05, 0) is 31.9 Å². The second-order valence-corrected chi connectivity index (χ2v) is 5.58. The van der Waals surface area contributed by atoms with Crippen LogP contribution in [0, 0.1) is 0 Å². The first-order chi connectivity index (χ1) is 10.2. The third-order valence-corrected chi connectivity index (χ3v) is 4.31. The molecule has 0 radical (unpaired) electrons. The summed E-state index contributed by atoms with van der Waals surface area (Å²) in [5, 5.41) is 10.4. The molecule has 1 aliphatic carbocycles. The molecule has 1 fully saturated rings. The maximum absolute atomic E-state index is 11.6. The molecule has 3 rings (SSSR count). The molecule has 1 heterocycles. The summed E-state index contributed by atoms with van der Waals surface area (Å²) in [7, 11) is 0. The summed E-state index contributed by atoms with van der Waals surface area (Å²) >= 11 is 0. The molecular formula is C17H20N2O2. The fraction of sp³-hybridized carbons (Fsp3) is 0.412. The molecule has 0 atom stereocenters. The van der Waals surface area contributed by atoms with Gasteiger partial charge in [0.1, 0.15) is 11.4 Å². The molecule has 0 saturated heterocycles. The van der Waals surface area contributed by atoms with Crippen molar-refractivity contribution in [3.05, 3.63) is 35.9 Å². The van der Waals surface area contributed by atoms with E-state index in [0.717, 1.165) is 30.3 Å². The number of carboxylic acids is 1. The van der Waals surface area contributed by atoms with Gasteiger partial charge in [-0.2, -0.15) is 0 Å². The molecule has 0 bridgehead atoms. The van der Waals surface area contributed by atoms with Crippen molar-refractivity contribution in [2.75, 3.05) is 11.4 Å². The molecule has 0 spiro atoms. The number of aromatic carboxylic acids is 1. The van der Waals surface area contributed by atoms with Crippen molar-refractivity contribution < 1.29 is 9.90 Å². The van der Waals surface area contributed by atoms with Gasteiger partial charge in [-0.15, -0.1) is 0 Å². The molecule has 1 aromatic heterocycles. The lowest BCUT2D eigenvalue weighted by atomic mass is 10.1. The Bertz CT molecular complexity index is 663. The predicted molar refractivity (Wildman–Crippen MR) is 84.0 cm³/mol. The van der Waals surface area contributed by atoms with Gasteiger partial charge >= 0.3 is 5.97 Å². The highest BCUT2D eigenvalue weighted by molar-refractivity contribution is 5.98. The Morgan fingerprint density at radius 3 is 2.71 bits per heavy atom. The molecule has 0 amide bonds. The minimum Gasteiger partial charge on any atom is -0.478 e. The smallest absolute Gasteiger partial charge is 0.339 e. The summed E-state index contributed by atoms with van der Waals surface area (Å²) in [6.45, 7) is 2.86. The third kappa shape index (κ3) is 2.58. The highest BCUT2D eigenvalue weighted by atomic mass is 16.4. The maximum atomic E-state index is 11.6. The largest absolute Gasteiger partial charge is 0.478 e. The van der Waals surface area contributed by atoms with Crippen LogP contribution in [0.15, 0.2) is 30.3 Å². The zero-order valence-electron chi connectivity index (χ0n) is 12.2. The standard InChI is InChI=1S/C17H20N2O2/c1-2-19(13-8-4-5-9-13)16-14(17(20)21)11-12-7-3-6-10-15(12)18-16/h3,6-7,10-11,13H,2,4-5,8-9H2,1H3,(H,20,21). The average molecular weight is 284 g/mol. The topological polar surface area (TPSA) is 53.4 Å². The van der Waals surface area contributed by atoms with Crippen molar-refractivity contribution in [1.82, 2.24) is 4.98 Å². The first-order valence-corrected chi connectivity index (χ1v) is 7.60. The lowest BCUT2D eigenvalue weighted by molar-refractivity contribution is 0.0697. The van der Waals surface area contributed by atoms with Crippen LogP contribution < -0.4 is 4.90 Å². The van der Waals surface area contributed by atoms with E-state index in [-0.39, 0.29) is 0 Å². The van der Waals surface area contributed by atoms with Crippen molar-refractivity contribution in [3.8, 4) is 0 Å². The van der Waals surface area contributed by atoms with Crippen LogP contribution >= 0.6 is 0 Å². The van der Waals surface area contributed by atoms with Crippen LogP contribution in [0.2, 0.25) is 0 Å². The molecule has 110 valence electrons. The summed E-state index contributed by atoms with van der Waals surface area (Å²) in [5.74, 6) is -0.282.